The summed E-state index contributed by atoms with van der Waals surface area (Å²) in [5, 5.41) is 14.1. The fourth-order valence-electron chi connectivity index (χ4n) is 5.49. The number of fused-ring (bicyclic) bond motifs is 4. The molecule has 4 aliphatic heterocycles. The van der Waals surface area contributed by atoms with Crippen LogP contribution in [0.25, 0.3) is 0 Å². The molecule has 188 valence electrons. The lowest BCUT2D eigenvalue weighted by Crippen LogP contribution is -3.00. The molecule has 0 saturated carbocycles. The van der Waals surface area contributed by atoms with E-state index in [0.717, 1.165) is 67.2 Å². The Morgan fingerprint density at radius 3 is 2.80 bits per heavy atom. The summed E-state index contributed by atoms with van der Waals surface area (Å²) in [5.74, 6) is 7.60. The van der Waals surface area contributed by atoms with Gasteiger partial charge in [-0.25, -0.2) is 0 Å². The molecule has 8 nitrogen and oxygen atoms in total. The van der Waals surface area contributed by atoms with Gasteiger partial charge in [-0.3, -0.25) is 4.79 Å². The van der Waals surface area contributed by atoms with Crippen molar-refractivity contribution in [3.8, 4) is 29.1 Å². The van der Waals surface area contributed by atoms with Gasteiger partial charge in [0.25, 0.3) is 11.5 Å². The summed E-state index contributed by atoms with van der Waals surface area (Å²) in [4.78, 5) is 13.1. The standard InChI is InChI=1S/C26H30N2O6.ClH/c1-2-10-26(30,24-5-3-14-32-24)25(29)27-21-17-28(12-8-19(21)9-13-28)11-4-15-31-20-6-7-22-23(16-20)34-18-33-22;/h3,5-7,14,16,19,21,30H,4,8-9,11-13,15,17-18H2,1H3;1H/t19?,21-,26?,28?;/m0./s1. The average Bonchev–Trinajstić information content (AvgIpc) is 3.55. The second-order valence-corrected chi connectivity index (χ2v) is 9.39. The number of carbonyl (C=O) groups is 1. The molecule has 1 amide bonds. The van der Waals surface area contributed by atoms with Gasteiger partial charge in [-0.1, -0.05) is 5.92 Å². The Morgan fingerprint density at radius 2 is 2.06 bits per heavy atom. The van der Waals surface area contributed by atoms with Gasteiger partial charge in [0.1, 0.15) is 5.75 Å². The van der Waals surface area contributed by atoms with Crippen LogP contribution in [0.1, 0.15) is 31.9 Å². The van der Waals surface area contributed by atoms with Gasteiger partial charge in [-0.15, -0.1) is 5.92 Å². The van der Waals surface area contributed by atoms with Crippen molar-refractivity contribution in [3.05, 3.63) is 42.4 Å². The molecule has 6 rings (SSSR count). The summed E-state index contributed by atoms with van der Waals surface area (Å²) >= 11 is 0. The molecule has 9 heteroatoms. The number of carbonyl (C=O) groups excluding carboxylic acids is 1. The van der Waals surface area contributed by atoms with E-state index < -0.39 is 11.5 Å². The maximum Gasteiger partial charge on any atom is 0.273 e. The molecule has 2 N–H and O–H groups in total. The van der Waals surface area contributed by atoms with Crippen LogP contribution in [0, 0.1) is 17.8 Å². The largest absolute Gasteiger partial charge is 1.00 e. The number of amides is 1. The molecule has 4 aliphatic rings. The van der Waals surface area contributed by atoms with Crippen LogP contribution in [0.5, 0.6) is 17.2 Å². The number of hydrogen-bond donors (Lipinski definition) is 2. The lowest BCUT2D eigenvalue weighted by atomic mass is 9.81. The molecule has 3 saturated heterocycles. The minimum absolute atomic E-state index is 0. The first kappa shape index (κ1) is 25.2. The van der Waals surface area contributed by atoms with Crippen molar-refractivity contribution in [2.45, 2.75) is 37.8 Å². The fourth-order valence-corrected chi connectivity index (χ4v) is 5.49. The summed E-state index contributed by atoms with van der Waals surface area (Å²) in [6.45, 7) is 6.53. The van der Waals surface area contributed by atoms with Crippen LogP contribution in [-0.2, 0) is 10.4 Å². The number of benzene rings is 1. The van der Waals surface area contributed by atoms with Crippen molar-refractivity contribution in [2.24, 2.45) is 5.92 Å². The van der Waals surface area contributed by atoms with Crippen LogP contribution in [0.4, 0.5) is 0 Å². The highest BCUT2D eigenvalue weighted by atomic mass is 35.5. The number of piperidine rings is 3. The van der Waals surface area contributed by atoms with Gasteiger partial charge in [-0.2, -0.15) is 0 Å². The highest BCUT2D eigenvalue weighted by molar-refractivity contribution is 5.89. The zero-order valence-electron chi connectivity index (χ0n) is 19.8. The molecule has 5 heterocycles. The molecule has 1 aromatic carbocycles. The van der Waals surface area contributed by atoms with Crippen molar-refractivity contribution in [3.63, 3.8) is 0 Å². The summed E-state index contributed by atoms with van der Waals surface area (Å²) in [5.41, 5.74) is -1.98. The summed E-state index contributed by atoms with van der Waals surface area (Å²) in [7, 11) is 0. The summed E-state index contributed by atoms with van der Waals surface area (Å²) in [6, 6.07) is 8.86. The number of nitrogens with one attached hydrogen (secondary N) is 1. The number of ether oxygens (including phenoxy) is 3. The second-order valence-electron chi connectivity index (χ2n) is 9.39. The van der Waals surface area contributed by atoms with Gasteiger partial charge < -0.3 is 45.9 Å². The first-order valence-corrected chi connectivity index (χ1v) is 11.9. The highest BCUT2D eigenvalue weighted by Crippen LogP contribution is 2.36. The molecular formula is C26H31ClN2O6. The topological polar surface area (TPSA) is 90.2 Å². The molecular weight excluding hydrogens is 472 g/mol. The number of halogens is 1. The van der Waals surface area contributed by atoms with Gasteiger partial charge >= 0.3 is 0 Å². The number of quaternary nitrogens is 1. The molecule has 0 aliphatic carbocycles. The monoisotopic (exact) mass is 502 g/mol. The number of nitrogens with zero attached hydrogens (tertiary/aromatic N) is 1. The van der Waals surface area contributed by atoms with Crippen molar-refractivity contribution in [1.29, 1.82) is 0 Å². The van der Waals surface area contributed by atoms with E-state index in [2.05, 4.69) is 17.2 Å². The average molecular weight is 503 g/mol. The van der Waals surface area contributed by atoms with E-state index in [4.69, 9.17) is 18.6 Å². The van der Waals surface area contributed by atoms with Gasteiger partial charge in [-0.05, 0) is 37.1 Å². The van der Waals surface area contributed by atoms with Crippen LogP contribution in [0.15, 0.2) is 41.0 Å². The fraction of sp³-hybridized carbons (Fsp3) is 0.500. The van der Waals surface area contributed by atoms with E-state index in [0.29, 0.717) is 12.5 Å². The molecule has 1 aromatic heterocycles. The van der Waals surface area contributed by atoms with Crippen LogP contribution < -0.4 is 31.9 Å². The molecule has 2 atom stereocenters. The van der Waals surface area contributed by atoms with Crippen molar-refractivity contribution >= 4 is 5.91 Å². The predicted molar refractivity (Wildman–Crippen MR) is 123 cm³/mol. The van der Waals surface area contributed by atoms with E-state index in [1.54, 1.807) is 19.1 Å². The maximum absolute atomic E-state index is 13.1. The third-order valence-corrected chi connectivity index (χ3v) is 7.32. The van der Waals surface area contributed by atoms with Crippen LogP contribution in [0.3, 0.4) is 0 Å². The first-order chi connectivity index (χ1) is 16.5. The second kappa shape index (κ2) is 10.4. The maximum atomic E-state index is 13.1. The highest BCUT2D eigenvalue weighted by Gasteiger charge is 2.48. The van der Waals surface area contributed by atoms with Crippen LogP contribution >= 0.6 is 0 Å². The molecule has 0 radical (unpaired) electrons. The molecule has 35 heavy (non-hydrogen) atoms. The Bertz CT molecular complexity index is 1090. The SMILES string of the molecule is CC#CC(O)(C(=O)N[C@H]1C[N+]2(CCCOc3ccc4c(c3)OCO4)CCC1CC2)c1ccco1.[Cl-]. The van der Waals surface area contributed by atoms with Crippen molar-refractivity contribution in [1.82, 2.24) is 5.32 Å². The zero-order chi connectivity index (χ0) is 23.6. The Hall–Kier alpha value is -2.86. The number of rotatable bonds is 8. The van der Waals surface area contributed by atoms with Crippen molar-refractivity contribution < 1.29 is 45.4 Å². The summed E-state index contributed by atoms with van der Waals surface area (Å²) < 4.78 is 23.0. The molecule has 3 fully saturated rings. The number of aliphatic hydroxyl groups is 1. The van der Waals surface area contributed by atoms with Gasteiger partial charge in [0.15, 0.2) is 17.3 Å². The van der Waals surface area contributed by atoms with E-state index in [9.17, 15) is 9.90 Å². The molecule has 2 bridgehead atoms. The van der Waals surface area contributed by atoms with E-state index in [-0.39, 0.29) is 31.0 Å². The minimum Gasteiger partial charge on any atom is -1.00 e. The Kier molecular flexibility index (Phi) is 7.50. The van der Waals surface area contributed by atoms with Gasteiger partial charge in [0, 0.05) is 25.3 Å². The minimum atomic E-state index is -1.98. The van der Waals surface area contributed by atoms with E-state index in [1.807, 2.05) is 18.2 Å². The van der Waals surface area contributed by atoms with Crippen LogP contribution in [-0.4, -0.2) is 61.1 Å². The molecule has 2 aromatic rings. The lowest BCUT2D eigenvalue weighted by molar-refractivity contribution is -0.944. The Morgan fingerprint density at radius 1 is 1.26 bits per heavy atom. The Labute approximate surface area is 211 Å². The van der Waals surface area contributed by atoms with Gasteiger partial charge in [0.2, 0.25) is 6.79 Å². The van der Waals surface area contributed by atoms with E-state index >= 15 is 0 Å². The normalized spacial score (nSPS) is 25.5. The molecule has 0 spiro atoms. The lowest BCUT2D eigenvalue weighted by Gasteiger charge is -2.53. The third kappa shape index (κ3) is 5.08. The summed E-state index contributed by atoms with van der Waals surface area (Å²) in [6.07, 6.45) is 4.47. The third-order valence-electron chi connectivity index (χ3n) is 7.32. The predicted octanol–water partition coefficient (Wildman–Crippen LogP) is -0.582. The van der Waals surface area contributed by atoms with E-state index in [1.165, 1.54) is 6.26 Å². The number of hydrogen-bond acceptors (Lipinski definition) is 6. The Balaban J connectivity index is 0.00000289. The first-order valence-electron chi connectivity index (χ1n) is 11.9. The van der Waals surface area contributed by atoms with Crippen LogP contribution in [0.2, 0.25) is 0 Å². The zero-order valence-corrected chi connectivity index (χ0v) is 20.6. The smallest absolute Gasteiger partial charge is 0.273 e. The van der Waals surface area contributed by atoms with Gasteiger partial charge in [0.05, 0.1) is 45.1 Å². The number of furan rings is 1. The quantitative estimate of drug-likeness (QED) is 0.285. The van der Waals surface area contributed by atoms with Crippen molar-refractivity contribution in [2.75, 3.05) is 39.6 Å². The molecule has 1 unspecified atom stereocenters.